The summed E-state index contributed by atoms with van der Waals surface area (Å²) in [7, 11) is 0. The maximum absolute atomic E-state index is 14.0. The number of ether oxygens (including phenoxy) is 1. The Morgan fingerprint density at radius 2 is 1.91 bits per heavy atom. The van der Waals surface area contributed by atoms with Crippen LogP contribution in [0.1, 0.15) is 42.8 Å². The van der Waals surface area contributed by atoms with E-state index in [4.69, 9.17) is 9.84 Å². The Balaban J connectivity index is 2.74. The second-order valence-corrected chi connectivity index (χ2v) is 5.91. The Hall–Kier alpha value is -2.19. The fourth-order valence-corrected chi connectivity index (χ4v) is 1.76. The zero-order chi connectivity index (χ0) is 17.8. The van der Waals surface area contributed by atoms with Crippen molar-refractivity contribution >= 4 is 12.1 Å². The second kappa shape index (κ2) is 7.38. The number of aliphatic hydroxyl groups is 2. The van der Waals surface area contributed by atoms with E-state index in [9.17, 15) is 24.2 Å². The van der Waals surface area contributed by atoms with E-state index in [-0.39, 0.29) is 5.56 Å². The SMILES string of the molecule is CC(C)(C)OC(=O)NCC(O)C(O)c1cccc(C(=O)O)c1F. The highest BCUT2D eigenvalue weighted by Crippen LogP contribution is 2.22. The van der Waals surface area contributed by atoms with Crippen LogP contribution in [0.15, 0.2) is 18.2 Å². The predicted molar refractivity (Wildman–Crippen MR) is 78.6 cm³/mol. The van der Waals surface area contributed by atoms with Crippen molar-refractivity contribution in [2.45, 2.75) is 38.6 Å². The molecule has 0 bridgehead atoms. The van der Waals surface area contributed by atoms with E-state index >= 15 is 0 Å². The molecular weight excluding hydrogens is 309 g/mol. The fraction of sp³-hybridized carbons (Fsp3) is 0.467. The number of rotatable bonds is 5. The largest absolute Gasteiger partial charge is 0.478 e. The number of nitrogens with one attached hydrogen (secondary N) is 1. The van der Waals surface area contributed by atoms with Crippen LogP contribution in [-0.2, 0) is 4.74 Å². The van der Waals surface area contributed by atoms with Crippen LogP contribution in [0.2, 0.25) is 0 Å². The number of aliphatic hydroxyl groups excluding tert-OH is 2. The van der Waals surface area contributed by atoms with Crippen molar-refractivity contribution in [1.82, 2.24) is 5.32 Å². The Kier molecular flexibility index (Phi) is 6.05. The highest BCUT2D eigenvalue weighted by molar-refractivity contribution is 5.88. The van der Waals surface area contributed by atoms with Crippen molar-refractivity contribution in [1.29, 1.82) is 0 Å². The van der Waals surface area contributed by atoms with Crippen LogP contribution in [0.4, 0.5) is 9.18 Å². The number of hydrogen-bond donors (Lipinski definition) is 4. The first-order valence-electron chi connectivity index (χ1n) is 6.87. The normalized spacial score (nSPS) is 14.0. The number of carboxylic acids is 1. The van der Waals surface area contributed by atoms with Gasteiger partial charge in [-0.2, -0.15) is 0 Å². The second-order valence-electron chi connectivity index (χ2n) is 5.91. The standard InChI is InChI=1S/C15H20FNO6/c1-15(2,3)23-14(22)17-7-10(18)12(19)8-5-4-6-9(11(8)16)13(20)21/h4-6,10,12,18-19H,7H2,1-3H3,(H,17,22)(H,20,21). The molecule has 2 atom stereocenters. The van der Waals surface area contributed by atoms with Gasteiger partial charge in [0.15, 0.2) is 0 Å². The average molecular weight is 329 g/mol. The quantitative estimate of drug-likeness (QED) is 0.649. The Bertz CT molecular complexity index is 584. The molecule has 0 aliphatic heterocycles. The summed E-state index contributed by atoms with van der Waals surface area (Å²) in [6.07, 6.45) is -4.05. The maximum atomic E-state index is 14.0. The zero-order valence-corrected chi connectivity index (χ0v) is 13.0. The number of carbonyl (C=O) groups is 2. The summed E-state index contributed by atoms with van der Waals surface area (Å²) >= 11 is 0. The molecule has 0 aliphatic carbocycles. The lowest BCUT2D eigenvalue weighted by molar-refractivity contribution is 0.0112. The van der Waals surface area contributed by atoms with Crippen LogP contribution in [-0.4, -0.2) is 45.6 Å². The van der Waals surface area contributed by atoms with Crippen LogP contribution in [0.25, 0.3) is 0 Å². The van der Waals surface area contributed by atoms with E-state index in [0.717, 1.165) is 12.1 Å². The van der Waals surface area contributed by atoms with Gasteiger partial charge in [-0.1, -0.05) is 12.1 Å². The summed E-state index contributed by atoms with van der Waals surface area (Å²) in [5, 5.41) is 30.9. The molecule has 0 saturated heterocycles. The lowest BCUT2D eigenvalue weighted by Crippen LogP contribution is -2.39. The molecule has 0 spiro atoms. The predicted octanol–water partition coefficient (Wildman–Crippen LogP) is 1.44. The van der Waals surface area contributed by atoms with Crippen LogP contribution in [0, 0.1) is 5.82 Å². The lowest BCUT2D eigenvalue weighted by Gasteiger charge is -2.22. The molecule has 4 N–H and O–H groups in total. The number of alkyl carbamates (subject to hydrolysis) is 1. The molecule has 0 fully saturated rings. The molecule has 0 aromatic heterocycles. The summed E-state index contributed by atoms with van der Waals surface area (Å²) in [5.74, 6) is -2.62. The molecular formula is C15H20FNO6. The molecule has 8 heteroatoms. The maximum Gasteiger partial charge on any atom is 0.407 e. The summed E-state index contributed by atoms with van der Waals surface area (Å²) in [4.78, 5) is 22.3. The van der Waals surface area contributed by atoms with Gasteiger partial charge in [0.25, 0.3) is 0 Å². The summed E-state index contributed by atoms with van der Waals surface area (Å²) in [6, 6.07) is 3.45. The van der Waals surface area contributed by atoms with Gasteiger partial charge in [-0.15, -0.1) is 0 Å². The van der Waals surface area contributed by atoms with Crippen LogP contribution in [0.3, 0.4) is 0 Å². The van der Waals surface area contributed by atoms with Gasteiger partial charge in [-0.25, -0.2) is 14.0 Å². The molecule has 23 heavy (non-hydrogen) atoms. The third kappa shape index (κ3) is 5.50. The van der Waals surface area contributed by atoms with Crippen molar-refractivity contribution < 1.29 is 34.0 Å². The Morgan fingerprint density at radius 1 is 1.30 bits per heavy atom. The number of aromatic carboxylic acids is 1. The van der Waals surface area contributed by atoms with E-state index < -0.39 is 47.8 Å². The van der Waals surface area contributed by atoms with Crippen molar-refractivity contribution in [2.24, 2.45) is 0 Å². The highest BCUT2D eigenvalue weighted by atomic mass is 19.1. The Morgan fingerprint density at radius 3 is 2.43 bits per heavy atom. The van der Waals surface area contributed by atoms with Gasteiger partial charge < -0.3 is 25.4 Å². The van der Waals surface area contributed by atoms with E-state index in [1.54, 1.807) is 20.8 Å². The molecule has 128 valence electrons. The van der Waals surface area contributed by atoms with Gasteiger partial charge in [0.1, 0.15) is 23.6 Å². The summed E-state index contributed by atoms with van der Waals surface area (Å²) in [5.41, 5.74) is -1.72. The summed E-state index contributed by atoms with van der Waals surface area (Å²) in [6.45, 7) is 4.58. The number of hydrogen-bond acceptors (Lipinski definition) is 5. The third-order valence-corrected chi connectivity index (χ3v) is 2.80. The fourth-order valence-electron chi connectivity index (χ4n) is 1.76. The monoisotopic (exact) mass is 329 g/mol. The third-order valence-electron chi connectivity index (χ3n) is 2.80. The van der Waals surface area contributed by atoms with Crippen molar-refractivity contribution in [3.8, 4) is 0 Å². The van der Waals surface area contributed by atoms with Crippen molar-refractivity contribution in [3.63, 3.8) is 0 Å². The van der Waals surface area contributed by atoms with Crippen molar-refractivity contribution in [2.75, 3.05) is 6.54 Å². The summed E-state index contributed by atoms with van der Waals surface area (Å²) < 4.78 is 18.9. The Labute approximate surface area is 132 Å². The molecule has 1 aromatic carbocycles. The van der Waals surface area contributed by atoms with E-state index in [0.29, 0.717) is 0 Å². The van der Waals surface area contributed by atoms with E-state index in [1.807, 2.05) is 0 Å². The number of halogens is 1. The first kappa shape index (κ1) is 18.9. The average Bonchev–Trinajstić information content (AvgIpc) is 2.42. The molecule has 1 rings (SSSR count). The number of carbonyl (C=O) groups excluding carboxylic acids is 1. The molecule has 1 amide bonds. The number of benzene rings is 1. The molecule has 0 aliphatic rings. The van der Waals surface area contributed by atoms with Gasteiger partial charge in [0.05, 0.1) is 5.56 Å². The van der Waals surface area contributed by atoms with Crippen LogP contribution < -0.4 is 5.32 Å². The van der Waals surface area contributed by atoms with Crippen LogP contribution >= 0.6 is 0 Å². The smallest absolute Gasteiger partial charge is 0.407 e. The molecule has 0 heterocycles. The molecule has 0 radical (unpaired) electrons. The van der Waals surface area contributed by atoms with E-state index in [2.05, 4.69) is 5.32 Å². The van der Waals surface area contributed by atoms with E-state index in [1.165, 1.54) is 6.07 Å². The van der Waals surface area contributed by atoms with Crippen LogP contribution in [0.5, 0.6) is 0 Å². The minimum absolute atomic E-state index is 0.372. The minimum atomic E-state index is -1.70. The van der Waals surface area contributed by atoms with Gasteiger partial charge in [-0.3, -0.25) is 0 Å². The first-order valence-corrected chi connectivity index (χ1v) is 6.87. The number of carboxylic acid groups (broad SMARTS) is 1. The zero-order valence-electron chi connectivity index (χ0n) is 13.0. The lowest BCUT2D eigenvalue weighted by atomic mass is 10.0. The molecule has 7 nitrogen and oxygen atoms in total. The van der Waals surface area contributed by atoms with Gasteiger partial charge in [0, 0.05) is 12.1 Å². The van der Waals surface area contributed by atoms with Gasteiger partial charge in [-0.05, 0) is 26.8 Å². The first-order chi connectivity index (χ1) is 10.5. The molecule has 2 unspecified atom stereocenters. The molecule has 0 saturated carbocycles. The van der Waals surface area contributed by atoms with Gasteiger partial charge in [0.2, 0.25) is 0 Å². The molecule has 1 aromatic rings. The minimum Gasteiger partial charge on any atom is -0.478 e. The number of amides is 1. The van der Waals surface area contributed by atoms with Gasteiger partial charge >= 0.3 is 12.1 Å². The van der Waals surface area contributed by atoms with Crippen molar-refractivity contribution in [3.05, 3.63) is 35.1 Å². The highest BCUT2D eigenvalue weighted by Gasteiger charge is 2.25. The topological polar surface area (TPSA) is 116 Å².